The van der Waals surface area contributed by atoms with Crippen molar-refractivity contribution in [1.82, 2.24) is 24.1 Å². The highest BCUT2D eigenvalue weighted by atomic mass is 32.2. The van der Waals surface area contributed by atoms with Gasteiger partial charge in [-0.3, -0.25) is 14.5 Å². The molecule has 1 N–H and O–H groups in total. The molecule has 0 fully saturated rings. The van der Waals surface area contributed by atoms with Crippen LogP contribution < -0.4 is 5.32 Å². The third kappa shape index (κ3) is 4.12. The maximum Gasteiger partial charge on any atom is 0.277 e. The molecule has 1 aliphatic heterocycles. The summed E-state index contributed by atoms with van der Waals surface area (Å²) >= 11 is 0. The molecule has 10 heteroatoms. The van der Waals surface area contributed by atoms with Crippen LogP contribution in [0.5, 0.6) is 0 Å². The quantitative estimate of drug-likeness (QED) is 0.809. The van der Waals surface area contributed by atoms with Gasteiger partial charge in [0.1, 0.15) is 11.5 Å². The van der Waals surface area contributed by atoms with Gasteiger partial charge >= 0.3 is 0 Å². The van der Waals surface area contributed by atoms with Gasteiger partial charge in [0.15, 0.2) is 0 Å². The Hall–Kier alpha value is -2.59. The van der Waals surface area contributed by atoms with Crippen LogP contribution in [-0.4, -0.2) is 57.2 Å². The number of aromatic nitrogens is 4. The maximum atomic E-state index is 12.7. The molecule has 0 aliphatic carbocycles. The van der Waals surface area contributed by atoms with Crippen LogP contribution in [0.25, 0.3) is 5.57 Å². The van der Waals surface area contributed by atoms with Crippen molar-refractivity contribution in [2.45, 2.75) is 27.2 Å². The molecule has 1 amide bonds. The number of carbonyl (C=O) groups excluding carboxylic acids is 1. The molecule has 28 heavy (non-hydrogen) atoms. The summed E-state index contributed by atoms with van der Waals surface area (Å²) in [5.41, 5.74) is 3.03. The molecule has 1 aliphatic rings. The van der Waals surface area contributed by atoms with Gasteiger partial charge in [0.25, 0.3) is 5.91 Å². The van der Waals surface area contributed by atoms with Gasteiger partial charge in [-0.15, -0.1) is 0 Å². The zero-order valence-electron chi connectivity index (χ0n) is 16.4. The topological polar surface area (TPSA) is 110 Å². The molecule has 0 radical (unpaired) electrons. The number of hydrogen-bond donors (Lipinski definition) is 1. The van der Waals surface area contributed by atoms with E-state index in [9.17, 15) is 13.2 Å². The third-order valence-electron chi connectivity index (χ3n) is 4.67. The summed E-state index contributed by atoms with van der Waals surface area (Å²) in [6.45, 7) is 5.91. The van der Waals surface area contributed by atoms with E-state index in [1.54, 1.807) is 37.8 Å². The minimum atomic E-state index is -3.21. The highest BCUT2D eigenvalue weighted by Gasteiger charge is 2.24. The number of carbonyl (C=O) groups is 1. The number of amides is 1. The summed E-state index contributed by atoms with van der Waals surface area (Å²) in [4.78, 5) is 21.5. The molecular formula is C18H24N6O3S. The Morgan fingerprint density at radius 3 is 2.64 bits per heavy atom. The first-order chi connectivity index (χ1) is 13.2. The fourth-order valence-corrected chi connectivity index (χ4v) is 4.08. The van der Waals surface area contributed by atoms with Gasteiger partial charge in [0.2, 0.25) is 10.0 Å². The molecule has 0 bridgehead atoms. The van der Waals surface area contributed by atoms with E-state index in [4.69, 9.17) is 0 Å². The van der Waals surface area contributed by atoms with Gasteiger partial charge < -0.3 is 5.32 Å². The van der Waals surface area contributed by atoms with Crippen LogP contribution in [-0.2, 0) is 17.1 Å². The fourth-order valence-electron chi connectivity index (χ4n) is 3.04. The number of anilines is 1. The lowest BCUT2D eigenvalue weighted by atomic mass is 10.1. The van der Waals surface area contributed by atoms with E-state index in [0.29, 0.717) is 36.7 Å². The zero-order chi connectivity index (χ0) is 20.5. The molecule has 2 aromatic rings. The SMILES string of the molecule is CCS(=O)(=O)N1CC=C(c2cnc(C)c(C(=O)Nc3cc(C)nn3C)n2)CC1. The van der Waals surface area contributed by atoms with Crippen molar-refractivity contribution in [2.75, 3.05) is 24.2 Å². The predicted molar refractivity (Wildman–Crippen MR) is 106 cm³/mol. The molecule has 0 saturated carbocycles. The van der Waals surface area contributed by atoms with E-state index in [1.807, 2.05) is 13.0 Å². The van der Waals surface area contributed by atoms with Gasteiger partial charge in [-0.2, -0.15) is 9.40 Å². The Morgan fingerprint density at radius 2 is 2.07 bits per heavy atom. The van der Waals surface area contributed by atoms with Crippen molar-refractivity contribution in [2.24, 2.45) is 7.05 Å². The van der Waals surface area contributed by atoms with Crippen molar-refractivity contribution in [1.29, 1.82) is 0 Å². The van der Waals surface area contributed by atoms with Crippen LogP contribution in [0.2, 0.25) is 0 Å². The summed E-state index contributed by atoms with van der Waals surface area (Å²) in [6.07, 6.45) is 3.98. The van der Waals surface area contributed by atoms with Crippen LogP contribution in [0.15, 0.2) is 18.3 Å². The van der Waals surface area contributed by atoms with Gasteiger partial charge in [-0.25, -0.2) is 13.4 Å². The fraction of sp³-hybridized carbons (Fsp3) is 0.444. The minimum absolute atomic E-state index is 0.0817. The first-order valence-electron chi connectivity index (χ1n) is 9.04. The van der Waals surface area contributed by atoms with Gasteiger partial charge in [-0.1, -0.05) is 6.08 Å². The largest absolute Gasteiger partial charge is 0.305 e. The highest BCUT2D eigenvalue weighted by Crippen LogP contribution is 2.23. The summed E-state index contributed by atoms with van der Waals surface area (Å²) in [5.74, 6) is 0.297. The summed E-state index contributed by atoms with van der Waals surface area (Å²) in [6, 6.07) is 1.77. The first kappa shape index (κ1) is 20.2. The second kappa shape index (κ2) is 7.80. The lowest BCUT2D eigenvalue weighted by Crippen LogP contribution is -2.35. The summed E-state index contributed by atoms with van der Waals surface area (Å²) < 4.78 is 27.0. The standard InChI is InChI=1S/C18H24N6O3S/c1-5-28(26,27)24-8-6-14(7-9-24)15-11-19-13(3)17(20-15)18(25)21-16-10-12(2)22-23(16)4/h6,10-11H,5,7-9H2,1-4H3,(H,21,25). The van der Waals surface area contributed by atoms with Gasteiger partial charge in [0, 0.05) is 26.2 Å². The Labute approximate surface area is 164 Å². The van der Waals surface area contributed by atoms with E-state index in [-0.39, 0.29) is 17.4 Å². The molecule has 0 aromatic carbocycles. The normalized spacial score (nSPS) is 15.4. The summed E-state index contributed by atoms with van der Waals surface area (Å²) in [7, 11) is -1.46. The molecule has 0 saturated heterocycles. The Balaban J connectivity index is 1.82. The Kier molecular flexibility index (Phi) is 5.61. The molecular weight excluding hydrogens is 380 g/mol. The maximum absolute atomic E-state index is 12.7. The Bertz CT molecular complexity index is 1040. The number of nitrogens with zero attached hydrogens (tertiary/aromatic N) is 5. The van der Waals surface area contributed by atoms with Gasteiger partial charge in [-0.05, 0) is 32.8 Å². The molecule has 0 spiro atoms. The van der Waals surface area contributed by atoms with Crippen LogP contribution >= 0.6 is 0 Å². The number of hydrogen-bond acceptors (Lipinski definition) is 6. The minimum Gasteiger partial charge on any atom is -0.305 e. The van der Waals surface area contributed by atoms with Crippen molar-refractivity contribution in [3.63, 3.8) is 0 Å². The molecule has 2 aromatic heterocycles. The van der Waals surface area contributed by atoms with Gasteiger partial charge in [0.05, 0.1) is 29.0 Å². The van der Waals surface area contributed by atoms with E-state index in [0.717, 1.165) is 11.3 Å². The first-order valence-corrected chi connectivity index (χ1v) is 10.6. The van der Waals surface area contributed by atoms with E-state index in [2.05, 4.69) is 20.4 Å². The Morgan fingerprint density at radius 1 is 1.32 bits per heavy atom. The number of aryl methyl sites for hydroxylation is 3. The molecule has 3 rings (SSSR count). The van der Waals surface area contributed by atoms with Crippen molar-refractivity contribution in [3.05, 3.63) is 41.1 Å². The third-order valence-corrected chi connectivity index (χ3v) is 6.52. The number of sulfonamides is 1. The summed E-state index contributed by atoms with van der Waals surface area (Å²) in [5, 5.41) is 7.01. The average molecular weight is 404 g/mol. The molecule has 3 heterocycles. The number of rotatable bonds is 5. The predicted octanol–water partition coefficient (Wildman–Crippen LogP) is 1.52. The highest BCUT2D eigenvalue weighted by molar-refractivity contribution is 7.89. The molecule has 9 nitrogen and oxygen atoms in total. The van der Waals surface area contributed by atoms with Crippen LogP contribution in [0.3, 0.4) is 0 Å². The second-order valence-electron chi connectivity index (χ2n) is 6.68. The van der Waals surface area contributed by atoms with Crippen LogP contribution in [0.1, 0.15) is 40.9 Å². The molecule has 0 unspecified atom stereocenters. The average Bonchev–Trinajstić information content (AvgIpc) is 2.99. The molecule has 0 atom stereocenters. The zero-order valence-corrected chi connectivity index (χ0v) is 17.2. The second-order valence-corrected chi connectivity index (χ2v) is 8.93. The van der Waals surface area contributed by atoms with Crippen molar-refractivity contribution >= 4 is 27.3 Å². The van der Waals surface area contributed by atoms with E-state index >= 15 is 0 Å². The lowest BCUT2D eigenvalue weighted by molar-refractivity contribution is 0.102. The van der Waals surface area contributed by atoms with Crippen molar-refractivity contribution in [3.8, 4) is 0 Å². The lowest BCUT2D eigenvalue weighted by Gasteiger charge is -2.25. The van der Waals surface area contributed by atoms with E-state index in [1.165, 1.54) is 4.31 Å². The number of nitrogens with one attached hydrogen (secondary N) is 1. The van der Waals surface area contributed by atoms with E-state index < -0.39 is 10.0 Å². The van der Waals surface area contributed by atoms with Crippen LogP contribution in [0, 0.1) is 13.8 Å². The smallest absolute Gasteiger partial charge is 0.277 e. The van der Waals surface area contributed by atoms with Crippen LogP contribution in [0.4, 0.5) is 5.82 Å². The van der Waals surface area contributed by atoms with Crippen molar-refractivity contribution < 1.29 is 13.2 Å². The molecule has 150 valence electrons. The monoisotopic (exact) mass is 404 g/mol.